The van der Waals surface area contributed by atoms with E-state index >= 15 is 0 Å². The van der Waals surface area contributed by atoms with Crippen molar-refractivity contribution in [1.82, 2.24) is 0 Å². The first-order chi connectivity index (χ1) is 9.20. The van der Waals surface area contributed by atoms with Crippen LogP contribution in [0.3, 0.4) is 0 Å². The van der Waals surface area contributed by atoms with Crippen molar-refractivity contribution in [3.8, 4) is 11.8 Å². The molecule has 100 valence electrons. The third kappa shape index (κ3) is 3.90. The molecule has 1 aliphatic rings. The summed E-state index contributed by atoms with van der Waals surface area (Å²) < 4.78 is 0. The van der Waals surface area contributed by atoms with Crippen LogP contribution in [0.1, 0.15) is 18.4 Å². The van der Waals surface area contributed by atoms with Gasteiger partial charge < -0.3 is 10.4 Å². The summed E-state index contributed by atoms with van der Waals surface area (Å²) in [6.45, 7) is -0.214. The first-order valence-corrected chi connectivity index (χ1v) is 7.45. The average molecular weight is 296 g/mol. The van der Waals surface area contributed by atoms with Gasteiger partial charge in [-0.2, -0.15) is 0 Å². The quantitative estimate of drug-likeness (QED) is 0.824. The van der Waals surface area contributed by atoms with Crippen LogP contribution in [0.25, 0.3) is 0 Å². The fraction of sp³-hybridized carbons (Fsp3) is 0.357. The van der Waals surface area contributed by atoms with Crippen molar-refractivity contribution >= 4 is 35.0 Å². The molecule has 1 aliphatic heterocycles. The Balaban J connectivity index is 2.17. The molecule has 0 spiro atoms. The second kappa shape index (κ2) is 6.85. The van der Waals surface area contributed by atoms with Gasteiger partial charge in [-0.25, -0.2) is 0 Å². The van der Waals surface area contributed by atoms with Crippen molar-refractivity contribution in [3.05, 3.63) is 28.8 Å². The monoisotopic (exact) mass is 295 g/mol. The highest BCUT2D eigenvalue weighted by Crippen LogP contribution is 2.28. The van der Waals surface area contributed by atoms with Crippen LogP contribution in [0.5, 0.6) is 0 Å². The first-order valence-electron chi connectivity index (χ1n) is 6.02. The predicted octanol–water partition coefficient (Wildman–Crippen LogP) is 2.52. The largest absolute Gasteiger partial charge is 0.384 e. The van der Waals surface area contributed by atoms with E-state index in [1.165, 1.54) is 0 Å². The van der Waals surface area contributed by atoms with Crippen molar-refractivity contribution in [3.63, 3.8) is 0 Å². The van der Waals surface area contributed by atoms with E-state index in [-0.39, 0.29) is 17.8 Å². The Morgan fingerprint density at radius 3 is 3.11 bits per heavy atom. The van der Waals surface area contributed by atoms with Gasteiger partial charge in [0.15, 0.2) is 0 Å². The zero-order valence-corrected chi connectivity index (χ0v) is 11.9. The van der Waals surface area contributed by atoms with Crippen LogP contribution < -0.4 is 5.32 Å². The van der Waals surface area contributed by atoms with E-state index in [9.17, 15) is 4.79 Å². The Hall–Kier alpha value is -1.15. The number of anilines is 1. The van der Waals surface area contributed by atoms with Crippen LogP contribution in [-0.2, 0) is 4.79 Å². The highest BCUT2D eigenvalue weighted by molar-refractivity contribution is 8.00. The second-order valence-electron chi connectivity index (χ2n) is 4.14. The first kappa shape index (κ1) is 14.3. The van der Waals surface area contributed by atoms with Crippen molar-refractivity contribution in [2.75, 3.05) is 17.7 Å². The predicted molar refractivity (Wildman–Crippen MR) is 79.5 cm³/mol. The van der Waals surface area contributed by atoms with Gasteiger partial charge in [0.05, 0.1) is 10.9 Å². The number of thioether (sulfide) groups is 1. The normalized spacial score (nSPS) is 17.7. The molecule has 1 aromatic rings. The Labute approximate surface area is 121 Å². The summed E-state index contributed by atoms with van der Waals surface area (Å²) in [4.78, 5) is 12.1. The van der Waals surface area contributed by atoms with Gasteiger partial charge in [0, 0.05) is 10.6 Å². The maximum Gasteiger partial charge on any atom is 0.237 e. The zero-order chi connectivity index (χ0) is 13.7. The Morgan fingerprint density at radius 2 is 2.42 bits per heavy atom. The highest BCUT2D eigenvalue weighted by Gasteiger charge is 2.23. The van der Waals surface area contributed by atoms with Crippen molar-refractivity contribution in [2.24, 2.45) is 0 Å². The molecule has 0 aliphatic carbocycles. The SMILES string of the molecule is O=C(Nc1cc(Cl)ccc1C#CCO)C1CCCS1. The number of hydrogen-bond acceptors (Lipinski definition) is 3. The lowest BCUT2D eigenvalue weighted by Crippen LogP contribution is -2.23. The van der Waals surface area contributed by atoms with E-state index in [2.05, 4.69) is 17.2 Å². The summed E-state index contributed by atoms with van der Waals surface area (Å²) in [7, 11) is 0. The van der Waals surface area contributed by atoms with Crippen LogP contribution in [0.2, 0.25) is 5.02 Å². The fourth-order valence-corrected chi connectivity index (χ4v) is 3.19. The standard InChI is InChI=1S/C14H14ClNO2S/c15-11-6-5-10(3-1-7-17)12(9-11)16-14(18)13-4-2-8-19-13/h5-6,9,13,17H,2,4,7-8H2,(H,16,18). The molecule has 1 aromatic carbocycles. The average Bonchev–Trinajstić information content (AvgIpc) is 2.92. The number of halogens is 1. The van der Waals surface area contributed by atoms with Crippen LogP contribution >= 0.6 is 23.4 Å². The van der Waals surface area contributed by atoms with Crippen LogP contribution in [0.4, 0.5) is 5.69 Å². The molecule has 5 heteroatoms. The van der Waals surface area contributed by atoms with Gasteiger partial charge >= 0.3 is 0 Å². The molecular weight excluding hydrogens is 282 g/mol. The molecule has 1 unspecified atom stereocenters. The molecule has 1 saturated heterocycles. The van der Waals surface area contributed by atoms with Gasteiger partial charge in [-0.1, -0.05) is 23.4 Å². The number of aliphatic hydroxyl groups excluding tert-OH is 1. The molecule has 2 rings (SSSR count). The summed E-state index contributed by atoms with van der Waals surface area (Å²) in [6, 6.07) is 5.13. The van der Waals surface area contributed by atoms with Crippen molar-refractivity contribution in [1.29, 1.82) is 0 Å². The Kier molecular flexibility index (Phi) is 5.15. The maximum absolute atomic E-state index is 12.1. The number of carbonyl (C=O) groups excluding carboxylic acids is 1. The van der Waals surface area contributed by atoms with E-state index in [0.717, 1.165) is 18.6 Å². The number of carbonyl (C=O) groups is 1. The molecule has 1 amide bonds. The lowest BCUT2D eigenvalue weighted by atomic mass is 10.1. The van der Waals surface area contributed by atoms with E-state index in [4.69, 9.17) is 16.7 Å². The van der Waals surface area contributed by atoms with Gasteiger partial charge in [0.1, 0.15) is 6.61 Å². The van der Waals surface area contributed by atoms with Crippen molar-refractivity contribution < 1.29 is 9.90 Å². The molecule has 0 aromatic heterocycles. The summed E-state index contributed by atoms with van der Waals surface area (Å²) >= 11 is 7.62. The van der Waals surface area contributed by atoms with Gasteiger partial charge in [-0.3, -0.25) is 4.79 Å². The number of rotatable bonds is 2. The summed E-state index contributed by atoms with van der Waals surface area (Å²) in [5.41, 5.74) is 1.26. The second-order valence-corrected chi connectivity index (χ2v) is 5.89. The van der Waals surface area contributed by atoms with Crippen LogP contribution in [-0.4, -0.2) is 28.6 Å². The van der Waals surface area contributed by atoms with Crippen LogP contribution in [0, 0.1) is 11.8 Å². The topological polar surface area (TPSA) is 49.3 Å². The fourth-order valence-electron chi connectivity index (χ4n) is 1.86. The molecule has 1 atom stereocenters. The van der Waals surface area contributed by atoms with Crippen LogP contribution in [0.15, 0.2) is 18.2 Å². The summed E-state index contributed by atoms with van der Waals surface area (Å²) in [6.07, 6.45) is 1.99. The molecule has 1 fully saturated rings. The number of hydrogen-bond donors (Lipinski definition) is 2. The summed E-state index contributed by atoms with van der Waals surface area (Å²) in [5, 5.41) is 12.2. The molecule has 0 bridgehead atoms. The molecule has 0 saturated carbocycles. The Morgan fingerprint density at radius 1 is 1.58 bits per heavy atom. The third-order valence-corrected chi connectivity index (χ3v) is 4.38. The molecule has 1 heterocycles. The molecule has 3 nitrogen and oxygen atoms in total. The van der Waals surface area contributed by atoms with E-state index in [0.29, 0.717) is 16.3 Å². The lowest BCUT2D eigenvalue weighted by Gasteiger charge is -2.11. The number of amides is 1. The highest BCUT2D eigenvalue weighted by atomic mass is 35.5. The summed E-state index contributed by atoms with van der Waals surface area (Å²) in [5.74, 6) is 6.41. The molecule has 19 heavy (non-hydrogen) atoms. The number of nitrogens with one attached hydrogen (secondary N) is 1. The van der Waals surface area contributed by atoms with E-state index < -0.39 is 0 Å². The zero-order valence-electron chi connectivity index (χ0n) is 10.3. The Bertz CT molecular complexity index is 530. The smallest absolute Gasteiger partial charge is 0.237 e. The van der Waals surface area contributed by atoms with Gasteiger partial charge in [0.2, 0.25) is 5.91 Å². The van der Waals surface area contributed by atoms with E-state index in [1.54, 1.807) is 30.0 Å². The van der Waals surface area contributed by atoms with Gasteiger partial charge in [-0.05, 0) is 36.8 Å². The number of benzene rings is 1. The minimum atomic E-state index is -0.214. The maximum atomic E-state index is 12.1. The molecule has 2 N–H and O–H groups in total. The third-order valence-electron chi connectivity index (χ3n) is 2.76. The van der Waals surface area contributed by atoms with Crippen molar-refractivity contribution in [2.45, 2.75) is 18.1 Å². The lowest BCUT2D eigenvalue weighted by molar-refractivity contribution is -0.115. The number of aliphatic hydroxyl groups is 1. The molecule has 0 radical (unpaired) electrons. The minimum Gasteiger partial charge on any atom is -0.384 e. The van der Waals surface area contributed by atoms with E-state index in [1.807, 2.05) is 0 Å². The van der Waals surface area contributed by atoms with Gasteiger partial charge in [0.25, 0.3) is 0 Å². The minimum absolute atomic E-state index is 0.00295. The van der Waals surface area contributed by atoms with Gasteiger partial charge in [-0.15, -0.1) is 11.8 Å². The molecular formula is C14H14ClNO2S.